The number of fused-ring (bicyclic) bond motifs is 1. The predicted molar refractivity (Wildman–Crippen MR) is 103 cm³/mol. The van der Waals surface area contributed by atoms with Crippen molar-refractivity contribution in [1.29, 1.82) is 0 Å². The van der Waals surface area contributed by atoms with E-state index in [2.05, 4.69) is 4.98 Å². The summed E-state index contributed by atoms with van der Waals surface area (Å²) in [6.45, 7) is 3.99. The van der Waals surface area contributed by atoms with E-state index in [0.717, 1.165) is 25.9 Å². The first-order valence-electron chi connectivity index (χ1n) is 7.92. The van der Waals surface area contributed by atoms with Gasteiger partial charge in [-0.2, -0.15) is 0 Å². The number of aromatic nitrogens is 1. The molecule has 0 radical (unpaired) electrons. The van der Waals surface area contributed by atoms with Gasteiger partial charge in [0.1, 0.15) is 5.75 Å². The van der Waals surface area contributed by atoms with Crippen molar-refractivity contribution in [3.05, 3.63) is 57.6 Å². The molecule has 2 aromatic carbocycles. The molecule has 0 fully saturated rings. The molecule has 0 aliphatic rings. The van der Waals surface area contributed by atoms with Crippen LogP contribution in [0.1, 0.15) is 29.8 Å². The molecule has 26 heavy (non-hydrogen) atoms. The molecule has 0 atom stereocenters. The first-order chi connectivity index (χ1) is 12.5. The zero-order chi connectivity index (χ0) is 18.7. The number of ketones is 1. The molecule has 0 aliphatic heterocycles. The Morgan fingerprint density at radius 1 is 1.31 bits per heavy atom. The third kappa shape index (κ3) is 4.03. The lowest BCUT2D eigenvalue weighted by Crippen LogP contribution is -1.99. The van der Waals surface area contributed by atoms with Gasteiger partial charge >= 0.3 is 0 Å². The Morgan fingerprint density at radius 3 is 2.81 bits per heavy atom. The molecule has 0 bridgehead atoms. The van der Waals surface area contributed by atoms with E-state index in [0.29, 0.717) is 17.9 Å². The molecular weight excluding hydrogens is 372 g/mol. The molecule has 1 heterocycles. The van der Waals surface area contributed by atoms with Gasteiger partial charge in [-0.15, -0.1) is 11.3 Å². The van der Waals surface area contributed by atoms with Crippen molar-refractivity contribution in [3.8, 4) is 5.75 Å². The fourth-order valence-electron chi connectivity index (χ4n) is 2.41. The van der Waals surface area contributed by atoms with Crippen LogP contribution in [0.3, 0.4) is 0 Å². The Balaban J connectivity index is 1.83. The summed E-state index contributed by atoms with van der Waals surface area (Å²) in [6, 6.07) is 10.1. The summed E-state index contributed by atoms with van der Waals surface area (Å²) in [7, 11) is 0. The standard InChI is InChI=1S/C18H16N2O4S2/c1-3-24-16-7-4-12(11(2)21)8-13(16)10-25-18-19-15-6-5-14(20(22)23)9-17(15)26-18/h4-9H,3,10H2,1-2H3. The van der Waals surface area contributed by atoms with E-state index in [-0.39, 0.29) is 11.5 Å². The van der Waals surface area contributed by atoms with E-state index in [9.17, 15) is 14.9 Å². The summed E-state index contributed by atoms with van der Waals surface area (Å²) in [5, 5.41) is 10.9. The van der Waals surface area contributed by atoms with Crippen LogP contribution in [0.15, 0.2) is 40.7 Å². The minimum Gasteiger partial charge on any atom is -0.494 e. The first-order valence-corrected chi connectivity index (χ1v) is 9.72. The molecule has 0 saturated carbocycles. The van der Waals surface area contributed by atoms with Crippen LogP contribution in [0, 0.1) is 10.1 Å². The van der Waals surface area contributed by atoms with Gasteiger partial charge in [-0.3, -0.25) is 14.9 Å². The zero-order valence-electron chi connectivity index (χ0n) is 14.2. The second-order valence-corrected chi connectivity index (χ2v) is 7.74. The van der Waals surface area contributed by atoms with Crippen molar-refractivity contribution >= 4 is 44.8 Å². The Bertz CT molecular complexity index is 984. The number of carbonyl (C=O) groups excluding carboxylic acids is 1. The minimum absolute atomic E-state index is 0.00611. The molecule has 0 amide bonds. The van der Waals surface area contributed by atoms with Crippen molar-refractivity contribution in [2.24, 2.45) is 0 Å². The number of benzene rings is 2. The number of nitrogens with zero attached hydrogens (tertiary/aromatic N) is 2. The molecular formula is C18H16N2O4S2. The van der Waals surface area contributed by atoms with Gasteiger partial charge in [-0.1, -0.05) is 11.8 Å². The molecule has 3 rings (SSSR count). The third-order valence-corrected chi connectivity index (χ3v) is 5.89. The number of carbonyl (C=O) groups is 1. The molecule has 0 saturated heterocycles. The summed E-state index contributed by atoms with van der Waals surface area (Å²) in [6.07, 6.45) is 0. The number of hydrogen-bond acceptors (Lipinski definition) is 7. The van der Waals surface area contributed by atoms with Crippen molar-refractivity contribution in [2.45, 2.75) is 23.9 Å². The van der Waals surface area contributed by atoms with E-state index in [1.54, 1.807) is 18.2 Å². The van der Waals surface area contributed by atoms with Crippen LogP contribution in [-0.4, -0.2) is 22.3 Å². The number of ether oxygens (including phenoxy) is 1. The number of rotatable bonds is 7. The fraction of sp³-hybridized carbons (Fsp3) is 0.222. The smallest absolute Gasteiger partial charge is 0.270 e. The lowest BCUT2D eigenvalue weighted by Gasteiger charge is -2.10. The maximum Gasteiger partial charge on any atom is 0.270 e. The SMILES string of the molecule is CCOc1ccc(C(C)=O)cc1CSc1nc2ccc([N+](=O)[O-])cc2s1. The summed E-state index contributed by atoms with van der Waals surface area (Å²) in [5.41, 5.74) is 2.37. The number of Topliss-reactive ketones (excluding diaryl/α,β-unsaturated/α-hetero) is 1. The number of hydrogen-bond donors (Lipinski definition) is 0. The molecule has 0 spiro atoms. The summed E-state index contributed by atoms with van der Waals surface area (Å²) >= 11 is 2.94. The summed E-state index contributed by atoms with van der Waals surface area (Å²) in [4.78, 5) is 26.6. The lowest BCUT2D eigenvalue weighted by molar-refractivity contribution is -0.384. The quantitative estimate of drug-likeness (QED) is 0.242. The van der Waals surface area contributed by atoms with E-state index < -0.39 is 4.92 Å². The highest BCUT2D eigenvalue weighted by molar-refractivity contribution is 8.00. The van der Waals surface area contributed by atoms with Gasteiger partial charge in [-0.05, 0) is 38.1 Å². The van der Waals surface area contributed by atoms with Gasteiger partial charge < -0.3 is 4.74 Å². The van der Waals surface area contributed by atoms with Crippen LogP contribution < -0.4 is 4.74 Å². The van der Waals surface area contributed by atoms with E-state index in [1.807, 2.05) is 19.1 Å². The predicted octanol–water partition coefficient (Wildman–Crippen LogP) is 5.10. The van der Waals surface area contributed by atoms with E-state index in [1.165, 1.54) is 36.1 Å². The Labute approximate surface area is 158 Å². The van der Waals surface area contributed by atoms with Crippen molar-refractivity contribution in [2.75, 3.05) is 6.61 Å². The number of nitro benzene ring substituents is 1. The van der Waals surface area contributed by atoms with Gasteiger partial charge in [0.25, 0.3) is 5.69 Å². The lowest BCUT2D eigenvalue weighted by atomic mass is 10.1. The second kappa shape index (κ2) is 7.84. The van der Waals surface area contributed by atoms with Gasteiger partial charge in [0.2, 0.25) is 0 Å². The van der Waals surface area contributed by atoms with Crippen molar-refractivity contribution < 1.29 is 14.5 Å². The largest absolute Gasteiger partial charge is 0.494 e. The van der Waals surface area contributed by atoms with E-state index in [4.69, 9.17) is 4.74 Å². The van der Waals surface area contributed by atoms with E-state index >= 15 is 0 Å². The molecule has 6 nitrogen and oxygen atoms in total. The topological polar surface area (TPSA) is 82.3 Å². The monoisotopic (exact) mass is 388 g/mol. The van der Waals surface area contributed by atoms with Gasteiger partial charge in [0.05, 0.1) is 21.7 Å². The molecule has 3 aromatic rings. The highest BCUT2D eigenvalue weighted by Crippen LogP contribution is 2.35. The second-order valence-electron chi connectivity index (χ2n) is 5.49. The maximum absolute atomic E-state index is 11.6. The summed E-state index contributed by atoms with van der Waals surface area (Å²) in [5.74, 6) is 1.35. The Kier molecular flexibility index (Phi) is 5.53. The van der Waals surface area contributed by atoms with Crippen molar-refractivity contribution in [1.82, 2.24) is 4.98 Å². The van der Waals surface area contributed by atoms with Gasteiger partial charge in [0.15, 0.2) is 10.1 Å². The number of nitro groups is 1. The molecule has 0 unspecified atom stereocenters. The average molecular weight is 388 g/mol. The molecule has 0 aliphatic carbocycles. The van der Waals surface area contributed by atoms with Crippen LogP contribution in [-0.2, 0) is 5.75 Å². The fourth-order valence-corrected chi connectivity index (χ4v) is 4.49. The average Bonchev–Trinajstić information content (AvgIpc) is 3.02. The van der Waals surface area contributed by atoms with Gasteiger partial charge in [0, 0.05) is 29.0 Å². The number of non-ortho nitro benzene ring substituents is 1. The number of thioether (sulfide) groups is 1. The maximum atomic E-state index is 11.6. The molecule has 1 aromatic heterocycles. The highest BCUT2D eigenvalue weighted by atomic mass is 32.2. The third-order valence-electron chi connectivity index (χ3n) is 3.68. The molecule has 0 N–H and O–H groups in total. The van der Waals surface area contributed by atoms with Crippen molar-refractivity contribution in [3.63, 3.8) is 0 Å². The van der Waals surface area contributed by atoms with Crippen LogP contribution in [0.4, 0.5) is 5.69 Å². The Morgan fingerprint density at radius 2 is 2.12 bits per heavy atom. The first kappa shape index (κ1) is 18.3. The molecule has 8 heteroatoms. The zero-order valence-corrected chi connectivity index (χ0v) is 15.9. The molecule has 134 valence electrons. The number of thiazole rings is 1. The van der Waals surface area contributed by atoms with Crippen LogP contribution in [0.5, 0.6) is 5.75 Å². The van der Waals surface area contributed by atoms with Gasteiger partial charge in [-0.25, -0.2) is 4.98 Å². The summed E-state index contributed by atoms with van der Waals surface area (Å²) < 4.78 is 7.24. The highest BCUT2D eigenvalue weighted by Gasteiger charge is 2.13. The normalized spacial score (nSPS) is 10.8. The minimum atomic E-state index is -0.409. The van der Waals surface area contributed by atoms with Crippen LogP contribution >= 0.6 is 23.1 Å². The van der Waals surface area contributed by atoms with Crippen LogP contribution in [0.25, 0.3) is 10.2 Å². The Hall–Kier alpha value is -2.45. The van der Waals surface area contributed by atoms with Crippen LogP contribution in [0.2, 0.25) is 0 Å².